The molecule has 2 aromatic heterocycles. The van der Waals surface area contributed by atoms with E-state index in [2.05, 4.69) is 19.4 Å². The van der Waals surface area contributed by atoms with Crippen LogP contribution >= 0.6 is 0 Å². The standard InChI is InChI=1S/C18H22N4O2/c23-16-11-15(22(13-17(16)24)14-4-5-14)12-20-7-9-21(10-8-20)18-3-1-2-6-19-18/h1-3,6,11,13-14,24H,4-5,7-10,12H2. The highest BCUT2D eigenvalue weighted by atomic mass is 16.3. The average molecular weight is 326 g/mol. The van der Waals surface area contributed by atoms with Crippen molar-refractivity contribution in [2.24, 2.45) is 0 Å². The summed E-state index contributed by atoms with van der Waals surface area (Å²) in [6.45, 7) is 4.50. The van der Waals surface area contributed by atoms with Gasteiger partial charge < -0.3 is 14.6 Å². The molecule has 3 heterocycles. The molecule has 0 aromatic carbocycles. The maximum atomic E-state index is 11.8. The van der Waals surface area contributed by atoms with Gasteiger partial charge >= 0.3 is 0 Å². The highest BCUT2D eigenvalue weighted by Gasteiger charge is 2.27. The number of pyridine rings is 2. The van der Waals surface area contributed by atoms with Gasteiger partial charge in [0.05, 0.1) is 6.20 Å². The summed E-state index contributed by atoms with van der Waals surface area (Å²) in [7, 11) is 0. The molecule has 0 bridgehead atoms. The van der Waals surface area contributed by atoms with Crippen LogP contribution in [-0.2, 0) is 6.54 Å². The van der Waals surface area contributed by atoms with Crippen molar-refractivity contribution in [2.75, 3.05) is 31.1 Å². The smallest absolute Gasteiger partial charge is 0.223 e. The monoisotopic (exact) mass is 326 g/mol. The number of nitrogens with zero attached hydrogens (tertiary/aromatic N) is 4. The normalized spacial score (nSPS) is 18.8. The van der Waals surface area contributed by atoms with E-state index < -0.39 is 0 Å². The molecule has 6 heteroatoms. The zero-order chi connectivity index (χ0) is 16.5. The second-order valence-corrected chi connectivity index (χ2v) is 6.60. The van der Waals surface area contributed by atoms with Gasteiger partial charge in [0, 0.05) is 56.7 Å². The summed E-state index contributed by atoms with van der Waals surface area (Å²) in [4.78, 5) is 20.9. The largest absolute Gasteiger partial charge is 0.503 e. The summed E-state index contributed by atoms with van der Waals surface area (Å²) >= 11 is 0. The number of piperazine rings is 1. The summed E-state index contributed by atoms with van der Waals surface area (Å²) in [6.07, 6.45) is 5.69. The van der Waals surface area contributed by atoms with Crippen molar-refractivity contribution >= 4 is 5.82 Å². The van der Waals surface area contributed by atoms with Crippen LogP contribution in [0.15, 0.2) is 41.5 Å². The second-order valence-electron chi connectivity index (χ2n) is 6.60. The van der Waals surface area contributed by atoms with Crippen LogP contribution in [0.3, 0.4) is 0 Å². The topological polar surface area (TPSA) is 61.6 Å². The molecule has 1 aliphatic heterocycles. The summed E-state index contributed by atoms with van der Waals surface area (Å²) in [5.41, 5.74) is 0.723. The first-order valence-corrected chi connectivity index (χ1v) is 8.53. The molecule has 1 saturated carbocycles. The molecule has 126 valence electrons. The van der Waals surface area contributed by atoms with Gasteiger partial charge in [-0.15, -0.1) is 0 Å². The van der Waals surface area contributed by atoms with Crippen molar-refractivity contribution in [1.82, 2.24) is 14.5 Å². The Kier molecular flexibility index (Phi) is 3.98. The number of rotatable bonds is 4. The lowest BCUT2D eigenvalue weighted by Crippen LogP contribution is -2.46. The Bertz CT molecular complexity index is 762. The van der Waals surface area contributed by atoms with E-state index in [-0.39, 0.29) is 11.2 Å². The van der Waals surface area contributed by atoms with Crippen LogP contribution in [0.2, 0.25) is 0 Å². The SMILES string of the molecule is O=c1cc(CN2CCN(c3ccccn3)CC2)n(C2CC2)cc1O. The summed E-state index contributed by atoms with van der Waals surface area (Å²) in [6, 6.07) is 8.03. The van der Waals surface area contributed by atoms with Gasteiger partial charge in [0.2, 0.25) is 5.43 Å². The van der Waals surface area contributed by atoms with Crippen LogP contribution in [-0.4, -0.2) is 45.7 Å². The summed E-state index contributed by atoms with van der Waals surface area (Å²) in [5.74, 6) is 0.877. The van der Waals surface area contributed by atoms with Crippen LogP contribution in [0.1, 0.15) is 24.6 Å². The zero-order valence-corrected chi connectivity index (χ0v) is 13.6. The predicted molar refractivity (Wildman–Crippen MR) is 92.4 cm³/mol. The number of anilines is 1. The van der Waals surface area contributed by atoms with Crippen LogP contribution in [0.4, 0.5) is 5.82 Å². The molecule has 4 rings (SSSR count). The van der Waals surface area contributed by atoms with Crippen molar-refractivity contribution in [3.8, 4) is 5.75 Å². The third kappa shape index (κ3) is 3.14. The molecule has 0 atom stereocenters. The van der Waals surface area contributed by atoms with E-state index >= 15 is 0 Å². The molecule has 1 saturated heterocycles. The summed E-state index contributed by atoms with van der Waals surface area (Å²) < 4.78 is 2.09. The van der Waals surface area contributed by atoms with Crippen LogP contribution in [0, 0.1) is 0 Å². The Hall–Kier alpha value is -2.34. The van der Waals surface area contributed by atoms with Crippen molar-refractivity contribution in [3.05, 3.63) is 52.6 Å². The fourth-order valence-electron chi connectivity index (χ4n) is 3.30. The van der Waals surface area contributed by atoms with Crippen molar-refractivity contribution in [2.45, 2.75) is 25.4 Å². The van der Waals surface area contributed by atoms with E-state index in [0.717, 1.165) is 57.1 Å². The lowest BCUT2D eigenvalue weighted by molar-refractivity contribution is 0.242. The Morgan fingerprint density at radius 1 is 1.17 bits per heavy atom. The number of hydrogen-bond acceptors (Lipinski definition) is 5. The van der Waals surface area contributed by atoms with Crippen molar-refractivity contribution in [3.63, 3.8) is 0 Å². The molecule has 2 aromatic rings. The molecule has 0 unspecified atom stereocenters. The minimum atomic E-state index is -0.283. The Morgan fingerprint density at radius 3 is 2.62 bits per heavy atom. The maximum absolute atomic E-state index is 11.8. The lowest BCUT2D eigenvalue weighted by atomic mass is 10.2. The third-order valence-corrected chi connectivity index (χ3v) is 4.81. The molecule has 0 amide bonds. The van der Waals surface area contributed by atoms with Gasteiger partial charge in [0.25, 0.3) is 0 Å². The maximum Gasteiger partial charge on any atom is 0.223 e. The number of hydrogen-bond donors (Lipinski definition) is 1. The van der Waals surface area contributed by atoms with Gasteiger partial charge in [-0.05, 0) is 25.0 Å². The van der Waals surface area contributed by atoms with E-state index in [1.54, 1.807) is 12.3 Å². The minimum Gasteiger partial charge on any atom is -0.503 e. The van der Waals surface area contributed by atoms with Gasteiger partial charge in [0.15, 0.2) is 5.75 Å². The Balaban J connectivity index is 1.44. The third-order valence-electron chi connectivity index (χ3n) is 4.81. The number of aromatic hydroxyl groups is 1. The molecule has 24 heavy (non-hydrogen) atoms. The number of aromatic nitrogens is 2. The van der Waals surface area contributed by atoms with Crippen molar-refractivity contribution in [1.29, 1.82) is 0 Å². The second kappa shape index (κ2) is 6.28. The summed E-state index contributed by atoms with van der Waals surface area (Å²) in [5, 5.41) is 9.71. The molecule has 1 N–H and O–H groups in total. The molecular weight excluding hydrogens is 304 g/mol. The highest BCUT2D eigenvalue weighted by molar-refractivity contribution is 5.38. The van der Waals surface area contributed by atoms with Crippen LogP contribution < -0.4 is 10.3 Å². The van der Waals surface area contributed by atoms with Gasteiger partial charge in [-0.2, -0.15) is 0 Å². The van der Waals surface area contributed by atoms with Crippen LogP contribution in [0.5, 0.6) is 5.75 Å². The van der Waals surface area contributed by atoms with E-state index in [0.29, 0.717) is 6.04 Å². The first kappa shape index (κ1) is 15.2. The molecule has 0 spiro atoms. The molecule has 2 aliphatic rings. The van der Waals surface area contributed by atoms with E-state index in [9.17, 15) is 9.90 Å². The Morgan fingerprint density at radius 2 is 1.96 bits per heavy atom. The predicted octanol–water partition coefficient (Wildman–Crippen LogP) is 1.61. The fourth-order valence-corrected chi connectivity index (χ4v) is 3.30. The molecule has 0 radical (unpaired) electrons. The highest BCUT2D eigenvalue weighted by Crippen LogP contribution is 2.36. The van der Waals surface area contributed by atoms with E-state index in [1.165, 1.54) is 0 Å². The van der Waals surface area contributed by atoms with E-state index in [4.69, 9.17) is 0 Å². The minimum absolute atomic E-state index is 0.148. The Labute approximate surface area is 141 Å². The zero-order valence-electron chi connectivity index (χ0n) is 13.6. The molecule has 1 aliphatic carbocycles. The molecule has 2 fully saturated rings. The molecular formula is C18H22N4O2. The lowest BCUT2D eigenvalue weighted by Gasteiger charge is -2.35. The van der Waals surface area contributed by atoms with Crippen molar-refractivity contribution < 1.29 is 5.11 Å². The van der Waals surface area contributed by atoms with Gasteiger partial charge in [-0.25, -0.2) is 4.98 Å². The van der Waals surface area contributed by atoms with E-state index in [1.807, 2.05) is 24.4 Å². The average Bonchev–Trinajstić information content (AvgIpc) is 3.44. The van der Waals surface area contributed by atoms with Crippen LogP contribution in [0.25, 0.3) is 0 Å². The molecule has 6 nitrogen and oxygen atoms in total. The quantitative estimate of drug-likeness (QED) is 0.925. The first-order valence-electron chi connectivity index (χ1n) is 8.53. The fraction of sp³-hybridized carbons (Fsp3) is 0.444. The van der Waals surface area contributed by atoms with Gasteiger partial charge in [0.1, 0.15) is 5.82 Å². The van der Waals surface area contributed by atoms with Gasteiger partial charge in [-0.1, -0.05) is 6.07 Å². The van der Waals surface area contributed by atoms with Gasteiger partial charge in [-0.3, -0.25) is 9.69 Å². The first-order chi connectivity index (χ1) is 11.7.